The number of thiocarbonyl (C=S) groups is 1. The summed E-state index contributed by atoms with van der Waals surface area (Å²) in [4.78, 5) is 10.0. The minimum atomic E-state index is -0.156. The van der Waals surface area contributed by atoms with E-state index in [-0.39, 0.29) is 16.7 Å². The number of piperazine rings is 1. The molecule has 2 heterocycles. The van der Waals surface area contributed by atoms with Crippen molar-refractivity contribution in [1.82, 2.24) is 10.3 Å². The fraction of sp³-hybridized carbons (Fsp3) is 0.211. The smallest absolute Gasteiger partial charge is 0.304 e. The monoisotopic (exact) mass is 381 g/mol. The van der Waals surface area contributed by atoms with E-state index in [1.165, 1.54) is 5.69 Å². The Morgan fingerprint density at radius 2 is 2.04 bits per heavy atom. The fourth-order valence-electron chi connectivity index (χ4n) is 2.81. The zero-order valence-corrected chi connectivity index (χ0v) is 15.4. The molecule has 0 saturated carbocycles. The van der Waals surface area contributed by atoms with Crippen LogP contribution in [0.4, 0.5) is 5.69 Å². The van der Waals surface area contributed by atoms with Crippen LogP contribution in [0.25, 0.3) is 10.9 Å². The van der Waals surface area contributed by atoms with Gasteiger partial charge in [0.15, 0.2) is 4.99 Å². The largest absolute Gasteiger partial charge is 0.369 e. The van der Waals surface area contributed by atoms with Crippen molar-refractivity contribution in [3.63, 3.8) is 0 Å². The lowest BCUT2D eigenvalue weighted by Crippen LogP contribution is -2.43. The number of hydrazone groups is 1. The maximum atomic E-state index is 8.71. The van der Waals surface area contributed by atoms with E-state index < -0.39 is 0 Å². The molecule has 138 valence electrons. The van der Waals surface area contributed by atoms with Crippen LogP contribution < -0.4 is 10.2 Å². The van der Waals surface area contributed by atoms with Gasteiger partial charge in [-0.15, -0.1) is 5.01 Å². The van der Waals surface area contributed by atoms with Gasteiger partial charge in [-0.05, 0) is 29.4 Å². The number of rotatable bonds is 5. The average molecular weight is 381 g/mol. The zero-order valence-electron chi connectivity index (χ0n) is 14.6. The van der Waals surface area contributed by atoms with E-state index in [2.05, 4.69) is 55.9 Å². The molecule has 0 spiro atoms. The second-order valence-corrected chi connectivity index (χ2v) is 6.29. The number of nitrogens with one attached hydrogen (secondary N) is 1. The molecule has 2 aliphatic rings. The molecule has 1 saturated heterocycles. The summed E-state index contributed by atoms with van der Waals surface area (Å²) >= 11 is 5.27. The lowest BCUT2D eigenvalue weighted by Gasteiger charge is -2.29. The molecule has 0 aromatic heterocycles. The molecule has 0 amide bonds. The van der Waals surface area contributed by atoms with Crippen LogP contribution in [0, 0.1) is 6.57 Å². The molecule has 2 aliphatic heterocycles. The summed E-state index contributed by atoms with van der Waals surface area (Å²) in [5, 5.41) is 17.2. The summed E-state index contributed by atoms with van der Waals surface area (Å²) < 4.78 is 0. The molecule has 1 aromatic carbocycles. The third-order valence-electron chi connectivity index (χ3n) is 4.23. The van der Waals surface area contributed by atoms with Gasteiger partial charge in [0, 0.05) is 37.4 Å². The third-order valence-corrected chi connectivity index (χ3v) is 4.63. The van der Waals surface area contributed by atoms with E-state index in [4.69, 9.17) is 24.0 Å². The van der Waals surface area contributed by atoms with Crippen molar-refractivity contribution in [3.8, 4) is 0 Å². The molecule has 3 rings (SSSR count). The van der Waals surface area contributed by atoms with Gasteiger partial charge in [-0.2, -0.15) is 0 Å². The highest BCUT2D eigenvalue weighted by Gasteiger charge is 2.32. The second kappa shape index (κ2) is 8.60. The van der Waals surface area contributed by atoms with E-state index in [1.54, 1.807) is 6.08 Å². The van der Waals surface area contributed by atoms with E-state index in [0.29, 0.717) is 5.57 Å². The summed E-state index contributed by atoms with van der Waals surface area (Å²) in [7, 11) is 0. The Morgan fingerprint density at radius 3 is 2.67 bits per heavy atom. The van der Waals surface area contributed by atoms with Gasteiger partial charge in [-0.25, -0.2) is 5.26 Å². The van der Waals surface area contributed by atoms with Crippen LogP contribution in [-0.2, 0) is 4.89 Å². The first-order valence-corrected chi connectivity index (χ1v) is 8.80. The van der Waals surface area contributed by atoms with Crippen molar-refractivity contribution in [3.05, 3.63) is 71.4 Å². The van der Waals surface area contributed by atoms with Crippen molar-refractivity contribution in [2.75, 3.05) is 31.1 Å². The average Bonchev–Trinajstić information content (AvgIpc) is 3.04. The fourth-order valence-corrected chi connectivity index (χ4v) is 3.12. The van der Waals surface area contributed by atoms with Crippen LogP contribution in [-0.4, -0.2) is 47.3 Å². The molecule has 8 heteroatoms. The topological polar surface area (TPSA) is 64.7 Å². The summed E-state index contributed by atoms with van der Waals surface area (Å²) in [6, 6.07) is 8.32. The second-order valence-electron chi connectivity index (χ2n) is 5.91. The van der Waals surface area contributed by atoms with E-state index >= 15 is 0 Å². The molecule has 0 atom stereocenters. The van der Waals surface area contributed by atoms with Gasteiger partial charge < -0.3 is 19.9 Å². The Bertz CT molecular complexity index is 861. The van der Waals surface area contributed by atoms with Crippen molar-refractivity contribution < 1.29 is 10.1 Å². The molecular weight excluding hydrogens is 362 g/mol. The van der Waals surface area contributed by atoms with Crippen LogP contribution in [0.3, 0.4) is 0 Å². The number of nitrogens with zero attached hydrogens (tertiary/aromatic N) is 4. The Labute approximate surface area is 163 Å². The molecule has 0 bridgehead atoms. The zero-order chi connectivity index (χ0) is 19.2. The van der Waals surface area contributed by atoms with Crippen molar-refractivity contribution >= 4 is 34.8 Å². The van der Waals surface area contributed by atoms with Crippen molar-refractivity contribution in [2.24, 2.45) is 5.10 Å². The minimum Gasteiger partial charge on any atom is -0.369 e. The van der Waals surface area contributed by atoms with Crippen LogP contribution in [0.2, 0.25) is 0 Å². The molecule has 0 unspecified atom stereocenters. The highest BCUT2D eigenvalue weighted by molar-refractivity contribution is 7.80. The summed E-state index contributed by atoms with van der Waals surface area (Å²) in [6.45, 7) is 14.7. The Morgan fingerprint density at radius 1 is 1.33 bits per heavy atom. The number of allylic oxidation sites excluding steroid dienone is 2. The third kappa shape index (κ3) is 4.23. The maximum absolute atomic E-state index is 8.71. The molecule has 0 radical (unpaired) electrons. The Hall–Kier alpha value is -2.99. The highest BCUT2D eigenvalue weighted by Crippen LogP contribution is 2.22. The van der Waals surface area contributed by atoms with Gasteiger partial charge >= 0.3 is 5.84 Å². The molecule has 0 aliphatic carbocycles. The lowest BCUT2D eigenvalue weighted by molar-refractivity contribution is -0.218. The molecule has 1 aromatic rings. The van der Waals surface area contributed by atoms with Crippen LogP contribution in [0.5, 0.6) is 0 Å². The molecule has 2 N–H and O–H groups in total. The van der Waals surface area contributed by atoms with Crippen LogP contribution in [0.15, 0.2) is 59.6 Å². The number of hydrogen-bond donors (Lipinski definition) is 2. The van der Waals surface area contributed by atoms with Crippen LogP contribution >= 0.6 is 12.2 Å². The first kappa shape index (κ1) is 18.8. The molecular formula is C19H19N5O2S. The summed E-state index contributed by atoms with van der Waals surface area (Å²) in [5.41, 5.74) is 2.73. The maximum Gasteiger partial charge on any atom is 0.304 e. The number of benzene rings is 1. The first-order valence-electron chi connectivity index (χ1n) is 8.39. The van der Waals surface area contributed by atoms with Gasteiger partial charge in [0.1, 0.15) is 0 Å². The van der Waals surface area contributed by atoms with Crippen LogP contribution in [0.1, 0.15) is 5.56 Å². The van der Waals surface area contributed by atoms with Gasteiger partial charge in [0.05, 0.1) is 0 Å². The van der Waals surface area contributed by atoms with Gasteiger partial charge in [0.25, 0.3) is 5.88 Å². The van der Waals surface area contributed by atoms with E-state index in [0.717, 1.165) is 36.8 Å². The molecule has 27 heavy (non-hydrogen) atoms. The van der Waals surface area contributed by atoms with Gasteiger partial charge in [-0.3, -0.25) is 0 Å². The molecule has 7 nitrogen and oxygen atoms in total. The highest BCUT2D eigenvalue weighted by atomic mass is 32.1. The Kier molecular flexibility index (Phi) is 5.98. The Balaban J connectivity index is 1.70. The minimum absolute atomic E-state index is 0.122. The van der Waals surface area contributed by atoms with Crippen molar-refractivity contribution in [2.45, 2.75) is 0 Å². The van der Waals surface area contributed by atoms with Gasteiger partial charge in [0.2, 0.25) is 0 Å². The quantitative estimate of drug-likeness (QED) is 0.204. The predicted octanol–water partition coefficient (Wildman–Crippen LogP) is 2.87. The van der Waals surface area contributed by atoms with E-state index in [1.807, 2.05) is 12.2 Å². The number of amidine groups is 1. The SMILES string of the molecule is [C-]#[N+]C1=NN(C(=C)OO)C(=S)/C1=C\C=C\c1ccc(N2CCNCC2)cc1. The number of hydrogen-bond acceptors (Lipinski definition) is 6. The van der Waals surface area contributed by atoms with E-state index in [9.17, 15) is 0 Å². The van der Waals surface area contributed by atoms with Gasteiger partial charge in [-0.1, -0.05) is 49.2 Å². The standard InChI is InChI=1S/C19H19N5O2S/c1-14(26-25)24-19(27)17(18(20-2)22-24)5-3-4-15-6-8-16(9-7-15)23-12-10-21-11-13-23/h3-9,21,25H,1,10-13H2/b4-3+,17-5-. The first-order chi connectivity index (χ1) is 13.1. The summed E-state index contributed by atoms with van der Waals surface area (Å²) in [5.74, 6) is -0.0334. The lowest BCUT2D eigenvalue weighted by atomic mass is 10.1. The number of anilines is 1. The summed E-state index contributed by atoms with van der Waals surface area (Å²) in [6.07, 6.45) is 5.46. The predicted molar refractivity (Wildman–Crippen MR) is 110 cm³/mol. The molecule has 1 fully saturated rings. The van der Waals surface area contributed by atoms with Crippen molar-refractivity contribution in [1.29, 1.82) is 0 Å². The normalized spacial score (nSPS) is 18.7.